The van der Waals surface area contributed by atoms with Gasteiger partial charge >= 0.3 is 5.63 Å². The van der Waals surface area contributed by atoms with Crippen molar-refractivity contribution in [3.63, 3.8) is 0 Å². The Balaban J connectivity index is 1.63. The van der Waals surface area contributed by atoms with Crippen molar-refractivity contribution in [2.75, 3.05) is 17.1 Å². The van der Waals surface area contributed by atoms with Gasteiger partial charge in [0.05, 0.1) is 17.7 Å². The second kappa shape index (κ2) is 8.75. The monoisotopic (exact) mass is 468 g/mol. The fraction of sp³-hybridized carbons (Fsp3) is 0.0435. The van der Waals surface area contributed by atoms with Crippen molar-refractivity contribution in [3.05, 3.63) is 94.6 Å². The van der Waals surface area contributed by atoms with E-state index in [1.807, 2.05) is 0 Å². The summed E-state index contributed by atoms with van der Waals surface area (Å²) in [6.45, 7) is 0. The molecule has 3 aromatic carbocycles. The highest BCUT2D eigenvalue weighted by Crippen LogP contribution is 2.30. The van der Waals surface area contributed by atoms with Crippen molar-refractivity contribution >= 4 is 38.3 Å². The fourth-order valence-electron chi connectivity index (χ4n) is 3.10. The predicted molar refractivity (Wildman–Crippen MR) is 121 cm³/mol. The number of methoxy groups -OCH3 is 1. The molecule has 0 aliphatic rings. The van der Waals surface area contributed by atoms with Gasteiger partial charge in [0.2, 0.25) is 0 Å². The van der Waals surface area contributed by atoms with Crippen LogP contribution in [0, 0.1) is 5.82 Å². The molecule has 168 valence electrons. The molecular formula is C23H17FN2O6S. The van der Waals surface area contributed by atoms with Gasteiger partial charge in [-0.2, -0.15) is 0 Å². The highest BCUT2D eigenvalue weighted by atomic mass is 32.2. The molecule has 33 heavy (non-hydrogen) atoms. The van der Waals surface area contributed by atoms with E-state index in [-0.39, 0.29) is 27.6 Å². The lowest BCUT2D eigenvalue weighted by atomic mass is 10.1. The minimum absolute atomic E-state index is 0.0326. The van der Waals surface area contributed by atoms with Crippen molar-refractivity contribution in [2.45, 2.75) is 4.90 Å². The summed E-state index contributed by atoms with van der Waals surface area (Å²) in [6.07, 6.45) is 0. The number of ether oxygens (including phenoxy) is 1. The smallest absolute Gasteiger partial charge is 0.349 e. The summed E-state index contributed by atoms with van der Waals surface area (Å²) < 4.78 is 51.2. The Morgan fingerprint density at radius 3 is 2.45 bits per heavy atom. The summed E-state index contributed by atoms with van der Waals surface area (Å²) in [5, 5.41) is 3.12. The topological polar surface area (TPSA) is 115 Å². The number of hydrogen-bond donors (Lipinski definition) is 2. The number of amides is 1. The third kappa shape index (κ3) is 4.70. The molecular weight excluding hydrogens is 451 g/mol. The van der Waals surface area contributed by atoms with Crippen molar-refractivity contribution in [1.82, 2.24) is 0 Å². The summed E-state index contributed by atoms with van der Waals surface area (Å²) >= 11 is 0. The van der Waals surface area contributed by atoms with Crippen LogP contribution >= 0.6 is 0 Å². The molecule has 0 radical (unpaired) electrons. The summed E-state index contributed by atoms with van der Waals surface area (Å²) in [6, 6.07) is 16.7. The predicted octanol–water partition coefficient (Wildman–Crippen LogP) is 3.99. The summed E-state index contributed by atoms with van der Waals surface area (Å²) in [4.78, 5) is 24.8. The van der Waals surface area contributed by atoms with E-state index in [0.29, 0.717) is 11.0 Å². The Labute approximate surface area is 187 Å². The molecule has 10 heteroatoms. The van der Waals surface area contributed by atoms with Crippen molar-refractivity contribution in [1.29, 1.82) is 0 Å². The van der Waals surface area contributed by atoms with Gasteiger partial charge in [-0.15, -0.1) is 0 Å². The lowest BCUT2D eigenvalue weighted by molar-refractivity contribution is 0.102. The first-order valence-corrected chi connectivity index (χ1v) is 11.1. The zero-order valence-corrected chi connectivity index (χ0v) is 18.0. The molecule has 4 rings (SSSR count). The number of hydrogen-bond acceptors (Lipinski definition) is 6. The van der Waals surface area contributed by atoms with Crippen LogP contribution in [0.15, 0.2) is 86.9 Å². The number of anilines is 2. The number of rotatable bonds is 6. The maximum atomic E-state index is 13.1. The Morgan fingerprint density at radius 1 is 1.00 bits per heavy atom. The van der Waals surface area contributed by atoms with Gasteiger partial charge in [-0.25, -0.2) is 17.6 Å². The first-order chi connectivity index (χ1) is 15.8. The highest BCUT2D eigenvalue weighted by molar-refractivity contribution is 7.92. The highest BCUT2D eigenvalue weighted by Gasteiger charge is 2.19. The molecule has 1 amide bonds. The summed E-state index contributed by atoms with van der Waals surface area (Å²) in [5.41, 5.74) is -0.439. The second-order valence-electron chi connectivity index (χ2n) is 6.91. The van der Waals surface area contributed by atoms with Crippen LogP contribution < -0.4 is 20.4 Å². The number of sulfonamides is 1. The Morgan fingerprint density at radius 2 is 1.73 bits per heavy atom. The van der Waals surface area contributed by atoms with E-state index in [2.05, 4.69) is 10.0 Å². The molecule has 0 aliphatic heterocycles. The van der Waals surface area contributed by atoms with Crippen molar-refractivity contribution in [3.8, 4) is 5.75 Å². The number of nitrogens with one attached hydrogen (secondary N) is 2. The van der Waals surface area contributed by atoms with Gasteiger partial charge in [0.15, 0.2) is 0 Å². The van der Waals surface area contributed by atoms with E-state index in [0.717, 1.165) is 24.3 Å². The molecule has 0 saturated heterocycles. The molecule has 1 heterocycles. The number of para-hydroxylation sites is 1. The van der Waals surface area contributed by atoms with Crippen molar-refractivity contribution in [2.24, 2.45) is 0 Å². The normalized spacial score (nSPS) is 11.2. The van der Waals surface area contributed by atoms with E-state index in [1.54, 1.807) is 24.3 Å². The molecule has 1 aromatic heterocycles. The lowest BCUT2D eigenvalue weighted by Gasteiger charge is -2.14. The zero-order chi connectivity index (χ0) is 23.6. The van der Waals surface area contributed by atoms with Crippen LogP contribution in [0.3, 0.4) is 0 Å². The molecule has 0 bridgehead atoms. The minimum Gasteiger partial charge on any atom is -0.495 e. The number of carbonyl (C=O) groups excluding carboxylic acids is 1. The van der Waals surface area contributed by atoms with Crippen LogP contribution in [0.4, 0.5) is 15.8 Å². The van der Waals surface area contributed by atoms with Gasteiger partial charge in [0.25, 0.3) is 15.9 Å². The summed E-state index contributed by atoms with van der Waals surface area (Å²) in [7, 11) is -2.71. The average Bonchev–Trinajstić information content (AvgIpc) is 2.79. The molecule has 0 fully saturated rings. The number of fused-ring (bicyclic) bond motifs is 1. The molecule has 0 spiro atoms. The van der Waals surface area contributed by atoms with Gasteiger partial charge in [-0.05, 0) is 54.6 Å². The molecule has 2 N–H and O–H groups in total. The third-order valence-electron chi connectivity index (χ3n) is 4.71. The summed E-state index contributed by atoms with van der Waals surface area (Å²) in [5.74, 6) is -1.12. The molecule has 0 saturated carbocycles. The first-order valence-electron chi connectivity index (χ1n) is 9.57. The fourth-order valence-corrected chi connectivity index (χ4v) is 4.16. The number of benzene rings is 3. The largest absolute Gasteiger partial charge is 0.495 e. The maximum absolute atomic E-state index is 13.1. The molecule has 8 nitrogen and oxygen atoms in total. The Kier molecular flexibility index (Phi) is 5.84. The number of carbonyl (C=O) groups is 1. The quantitative estimate of drug-likeness (QED) is 0.414. The van der Waals surface area contributed by atoms with Crippen molar-refractivity contribution < 1.29 is 26.8 Å². The van der Waals surface area contributed by atoms with E-state index in [4.69, 9.17) is 9.15 Å². The van der Waals surface area contributed by atoms with Gasteiger partial charge < -0.3 is 14.5 Å². The molecule has 4 aromatic rings. The van der Waals surface area contributed by atoms with Gasteiger partial charge in [-0.3, -0.25) is 9.52 Å². The van der Waals surface area contributed by atoms with Crippen LogP contribution in [-0.4, -0.2) is 21.4 Å². The van der Waals surface area contributed by atoms with Crippen LogP contribution in [0.25, 0.3) is 11.0 Å². The molecule has 0 aliphatic carbocycles. The zero-order valence-electron chi connectivity index (χ0n) is 17.2. The number of halogens is 1. The van der Waals surface area contributed by atoms with E-state index < -0.39 is 27.4 Å². The van der Waals surface area contributed by atoms with Crippen LogP contribution in [0.5, 0.6) is 5.75 Å². The average molecular weight is 468 g/mol. The van der Waals surface area contributed by atoms with E-state index in [1.165, 1.54) is 31.4 Å². The standard InChI is InChI=1S/C23H17FN2O6S/c1-31-21-11-8-16(13-19(21)26-33(29,30)17-9-6-15(24)7-10-17)25-22(27)18-12-14-4-2-3-5-20(14)32-23(18)28/h2-13,26H,1H3,(H,25,27). The minimum atomic E-state index is -4.07. The molecule has 0 unspecified atom stereocenters. The van der Waals surface area contributed by atoms with E-state index >= 15 is 0 Å². The SMILES string of the molecule is COc1ccc(NC(=O)c2cc3ccccc3oc2=O)cc1NS(=O)(=O)c1ccc(F)cc1. The Hall–Kier alpha value is -4.18. The third-order valence-corrected chi connectivity index (χ3v) is 6.09. The van der Waals surface area contributed by atoms with Gasteiger partial charge in [-0.1, -0.05) is 18.2 Å². The van der Waals surface area contributed by atoms with Crippen LogP contribution in [-0.2, 0) is 10.0 Å². The lowest BCUT2D eigenvalue weighted by Crippen LogP contribution is -2.21. The second-order valence-corrected chi connectivity index (χ2v) is 8.60. The van der Waals surface area contributed by atoms with Gasteiger partial charge in [0, 0.05) is 11.1 Å². The maximum Gasteiger partial charge on any atom is 0.349 e. The molecule has 0 atom stereocenters. The Bertz CT molecular complexity index is 1510. The van der Waals surface area contributed by atoms with E-state index in [9.17, 15) is 22.4 Å². The van der Waals surface area contributed by atoms with Gasteiger partial charge in [0.1, 0.15) is 22.7 Å². The van der Waals surface area contributed by atoms with Crippen LogP contribution in [0.1, 0.15) is 10.4 Å². The first kappa shape index (κ1) is 22.0. The van der Waals surface area contributed by atoms with Crippen LogP contribution in [0.2, 0.25) is 0 Å².